The van der Waals surface area contributed by atoms with E-state index in [1.54, 1.807) is 7.11 Å². The summed E-state index contributed by atoms with van der Waals surface area (Å²) in [5.41, 5.74) is 3.48. The number of hydrogen-bond donors (Lipinski definition) is 0. The van der Waals surface area contributed by atoms with Crippen molar-refractivity contribution in [2.24, 2.45) is 0 Å². The van der Waals surface area contributed by atoms with E-state index in [2.05, 4.69) is 77.9 Å². The Morgan fingerprint density at radius 3 is 2.29 bits per heavy atom. The van der Waals surface area contributed by atoms with E-state index in [1.165, 1.54) is 11.1 Å². The minimum absolute atomic E-state index is 0.0315. The quantitative estimate of drug-likeness (QED) is 0.459. The lowest BCUT2D eigenvalue weighted by Crippen LogP contribution is -2.26. The molecular formula is C25H21NO2. The molecule has 0 N–H and O–H groups in total. The summed E-state index contributed by atoms with van der Waals surface area (Å²) in [5, 5.41) is 4.28. The lowest BCUT2D eigenvalue weighted by Gasteiger charge is -2.23. The molecule has 0 radical (unpaired) electrons. The van der Waals surface area contributed by atoms with Crippen LogP contribution in [-0.2, 0) is 6.54 Å². The largest absolute Gasteiger partial charge is 0.496 e. The monoisotopic (exact) mass is 367 g/mol. The molecule has 1 aliphatic rings. The third kappa shape index (κ3) is 2.81. The molecule has 0 spiro atoms. The lowest BCUT2D eigenvalue weighted by molar-refractivity contribution is -0.0673. The smallest absolute Gasteiger partial charge is 0.164 e. The van der Waals surface area contributed by atoms with Crippen LogP contribution in [-0.4, -0.2) is 12.2 Å². The van der Waals surface area contributed by atoms with Crippen molar-refractivity contribution < 1.29 is 9.57 Å². The Morgan fingerprint density at radius 1 is 0.857 bits per heavy atom. The van der Waals surface area contributed by atoms with Gasteiger partial charge in [-0.1, -0.05) is 84.9 Å². The zero-order valence-electron chi connectivity index (χ0n) is 15.7. The molecule has 1 aliphatic heterocycles. The van der Waals surface area contributed by atoms with Crippen LogP contribution in [0, 0.1) is 0 Å². The van der Waals surface area contributed by atoms with E-state index in [0.717, 1.165) is 27.8 Å². The van der Waals surface area contributed by atoms with Gasteiger partial charge in [0, 0.05) is 5.39 Å². The fourth-order valence-electron chi connectivity index (χ4n) is 4.00. The van der Waals surface area contributed by atoms with Gasteiger partial charge in [-0.25, -0.2) is 0 Å². The maximum absolute atomic E-state index is 6.49. The summed E-state index contributed by atoms with van der Waals surface area (Å²) in [6.07, 6.45) is 0. The van der Waals surface area contributed by atoms with E-state index in [1.807, 2.05) is 18.2 Å². The maximum Gasteiger partial charge on any atom is 0.164 e. The fraction of sp³-hybridized carbons (Fsp3) is 0.120. The van der Waals surface area contributed by atoms with E-state index in [4.69, 9.17) is 9.57 Å². The molecule has 1 unspecified atom stereocenters. The molecule has 0 bridgehead atoms. The van der Waals surface area contributed by atoms with Crippen molar-refractivity contribution in [3.05, 3.63) is 108 Å². The third-order valence-electron chi connectivity index (χ3n) is 5.29. The fourth-order valence-corrected chi connectivity index (χ4v) is 4.00. The van der Waals surface area contributed by atoms with Crippen molar-refractivity contribution in [2.45, 2.75) is 12.6 Å². The Labute approximate surface area is 164 Å². The molecule has 3 heteroatoms. The van der Waals surface area contributed by atoms with Gasteiger partial charge in [0.25, 0.3) is 0 Å². The van der Waals surface area contributed by atoms with Gasteiger partial charge in [0.15, 0.2) is 5.75 Å². The summed E-state index contributed by atoms with van der Waals surface area (Å²) in [6, 6.07) is 31.3. The van der Waals surface area contributed by atoms with Crippen LogP contribution in [0.4, 0.5) is 0 Å². The van der Waals surface area contributed by atoms with Crippen molar-refractivity contribution in [3.63, 3.8) is 0 Å². The predicted molar refractivity (Wildman–Crippen MR) is 111 cm³/mol. The van der Waals surface area contributed by atoms with Gasteiger partial charge in [-0.2, -0.15) is 0 Å². The van der Waals surface area contributed by atoms with E-state index in [-0.39, 0.29) is 6.04 Å². The molecule has 5 rings (SSSR count). The van der Waals surface area contributed by atoms with E-state index >= 15 is 0 Å². The maximum atomic E-state index is 6.49. The van der Waals surface area contributed by atoms with Gasteiger partial charge in [0.05, 0.1) is 19.2 Å². The zero-order chi connectivity index (χ0) is 18.9. The summed E-state index contributed by atoms with van der Waals surface area (Å²) < 4.78 is 5.81. The second kappa shape index (κ2) is 7.02. The zero-order valence-corrected chi connectivity index (χ0v) is 15.7. The highest BCUT2D eigenvalue weighted by Gasteiger charge is 2.38. The molecule has 4 aromatic rings. The minimum Gasteiger partial charge on any atom is -0.496 e. The molecule has 3 nitrogen and oxygen atoms in total. The van der Waals surface area contributed by atoms with Crippen LogP contribution in [0.2, 0.25) is 0 Å². The van der Waals surface area contributed by atoms with Gasteiger partial charge in [0.1, 0.15) is 11.8 Å². The number of methoxy groups -OCH3 is 1. The van der Waals surface area contributed by atoms with Crippen LogP contribution in [0.3, 0.4) is 0 Å². The molecule has 1 heterocycles. The molecule has 1 atom stereocenters. The number of benzene rings is 4. The summed E-state index contributed by atoms with van der Waals surface area (Å²) in [4.78, 5) is 6.49. The van der Waals surface area contributed by atoms with E-state index < -0.39 is 0 Å². The van der Waals surface area contributed by atoms with Crippen LogP contribution in [0.15, 0.2) is 91.0 Å². The number of fused-ring (bicyclic) bond motifs is 3. The standard InChI is InChI=1S/C25H21NO2/c1-27-22-16-20-14-8-9-15-21(20)25-23(22)24(19-12-6-3-7-13-19)26(28-25)17-18-10-4-2-5-11-18/h2-16,24H,17H2,1H3. The normalized spacial score (nSPS) is 16.0. The number of rotatable bonds is 4. The number of ether oxygens (including phenoxy) is 1. The average molecular weight is 367 g/mol. The van der Waals surface area contributed by atoms with Crippen LogP contribution in [0.25, 0.3) is 10.8 Å². The van der Waals surface area contributed by atoms with Crippen molar-refractivity contribution in [2.75, 3.05) is 7.11 Å². The molecule has 138 valence electrons. The average Bonchev–Trinajstić information content (AvgIpc) is 3.13. The molecule has 0 aliphatic carbocycles. The molecule has 0 saturated heterocycles. The highest BCUT2D eigenvalue weighted by atomic mass is 16.7. The first-order valence-corrected chi connectivity index (χ1v) is 9.48. The summed E-state index contributed by atoms with van der Waals surface area (Å²) in [5.74, 6) is 1.75. The number of hydroxylamine groups is 2. The van der Waals surface area contributed by atoms with Gasteiger partial charge in [0.2, 0.25) is 0 Å². The van der Waals surface area contributed by atoms with Crippen molar-refractivity contribution in [1.29, 1.82) is 0 Å². The van der Waals surface area contributed by atoms with Gasteiger partial charge >= 0.3 is 0 Å². The Bertz CT molecular complexity index is 1110. The number of nitrogens with zero attached hydrogens (tertiary/aromatic N) is 1. The topological polar surface area (TPSA) is 21.7 Å². The van der Waals surface area contributed by atoms with Gasteiger partial charge in [-0.05, 0) is 22.6 Å². The van der Waals surface area contributed by atoms with E-state index in [9.17, 15) is 0 Å². The SMILES string of the molecule is COc1cc2ccccc2c2c1C(c1ccccc1)N(Cc1ccccc1)O2. The highest BCUT2D eigenvalue weighted by molar-refractivity contribution is 5.92. The van der Waals surface area contributed by atoms with E-state index in [0.29, 0.717) is 6.54 Å². The van der Waals surface area contributed by atoms with Gasteiger partial charge in [-0.15, -0.1) is 5.06 Å². The van der Waals surface area contributed by atoms with Crippen LogP contribution in [0.5, 0.6) is 11.5 Å². The van der Waals surface area contributed by atoms with Crippen molar-refractivity contribution >= 4 is 10.8 Å². The van der Waals surface area contributed by atoms with Crippen molar-refractivity contribution in [3.8, 4) is 11.5 Å². The summed E-state index contributed by atoms with van der Waals surface area (Å²) in [6.45, 7) is 0.687. The molecule has 28 heavy (non-hydrogen) atoms. The number of hydrogen-bond acceptors (Lipinski definition) is 3. The first-order chi connectivity index (χ1) is 13.8. The third-order valence-corrected chi connectivity index (χ3v) is 5.29. The minimum atomic E-state index is -0.0315. The molecule has 0 saturated carbocycles. The van der Waals surface area contributed by atoms with Gasteiger partial charge < -0.3 is 9.57 Å². The molecule has 0 fully saturated rings. The highest BCUT2D eigenvalue weighted by Crippen LogP contribution is 2.50. The molecule has 0 aromatic heterocycles. The Kier molecular flexibility index (Phi) is 4.22. The van der Waals surface area contributed by atoms with Crippen LogP contribution < -0.4 is 9.57 Å². The summed E-state index contributed by atoms with van der Waals surface area (Å²) in [7, 11) is 1.73. The second-order valence-electron chi connectivity index (χ2n) is 7.01. The Hall–Kier alpha value is -3.30. The first kappa shape index (κ1) is 16.8. The molecule has 4 aromatic carbocycles. The van der Waals surface area contributed by atoms with Crippen LogP contribution in [0.1, 0.15) is 22.7 Å². The van der Waals surface area contributed by atoms with Crippen molar-refractivity contribution in [1.82, 2.24) is 5.06 Å². The molecule has 0 amide bonds. The summed E-state index contributed by atoms with van der Waals surface area (Å²) >= 11 is 0. The molecular weight excluding hydrogens is 346 g/mol. The Balaban J connectivity index is 1.70. The first-order valence-electron chi connectivity index (χ1n) is 9.48. The van der Waals surface area contributed by atoms with Gasteiger partial charge in [-0.3, -0.25) is 0 Å². The second-order valence-corrected chi connectivity index (χ2v) is 7.01. The predicted octanol–water partition coefficient (Wildman–Crippen LogP) is 5.75. The Morgan fingerprint density at radius 2 is 1.54 bits per heavy atom. The lowest BCUT2D eigenvalue weighted by atomic mass is 9.94. The van der Waals surface area contributed by atoms with Crippen LogP contribution >= 0.6 is 0 Å².